The first-order valence-electron chi connectivity index (χ1n) is 5.68. The Bertz CT molecular complexity index is 462. The largest absolute Gasteiger partial charge is 0.326 e. The lowest BCUT2D eigenvalue weighted by Crippen LogP contribution is -2.11. The van der Waals surface area contributed by atoms with Crippen LogP contribution in [0.2, 0.25) is 0 Å². The highest BCUT2D eigenvalue weighted by Crippen LogP contribution is 2.11. The number of hydrogen-bond donors (Lipinski definition) is 2. The van der Waals surface area contributed by atoms with Gasteiger partial charge in [0.1, 0.15) is 0 Å². The van der Waals surface area contributed by atoms with Gasteiger partial charge in [0.2, 0.25) is 0 Å². The molecule has 0 atom stereocenters. The first-order chi connectivity index (χ1) is 8.28. The van der Waals surface area contributed by atoms with E-state index in [1.807, 2.05) is 13.1 Å². The molecule has 2 rings (SSSR count). The molecule has 0 fully saturated rings. The Morgan fingerprint density at radius 3 is 2.47 bits per heavy atom. The van der Waals surface area contributed by atoms with Gasteiger partial charge in [-0.1, -0.05) is 24.3 Å². The van der Waals surface area contributed by atoms with E-state index in [0.717, 1.165) is 18.1 Å². The van der Waals surface area contributed by atoms with Crippen molar-refractivity contribution in [2.24, 2.45) is 5.73 Å². The van der Waals surface area contributed by atoms with Crippen LogP contribution in [0.15, 0.2) is 30.5 Å². The quantitative estimate of drug-likeness (QED) is 0.851. The molecule has 0 aliphatic heterocycles. The first kappa shape index (κ1) is 12.2. The molecule has 0 saturated carbocycles. The maximum absolute atomic E-state index is 5.56. The summed E-state index contributed by atoms with van der Waals surface area (Å²) in [7, 11) is 0. The van der Waals surface area contributed by atoms with Gasteiger partial charge in [-0.15, -0.1) is 11.3 Å². The van der Waals surface area contributed by atoms with Gasteiger partial charge in [0.25, 0.3) is 0 Å². The number of rotatable bonds is 5. The van der Waals surface area contributed by atoms with E-state index in [0.29, 0.717) is 6.54 Å². The van der Waals surface area contributed by atoms with Gasteiger partial charge in [-0.3, -0.25) is 0 Å². The molecule has 0 aliphatic rings. The molecule has 0 saturated heterocycles. The van der Waals surface area contributed by atoms with Crippen molar-refractivity contribution < 1.29 is 0 Å². The van der Waals surface area contributed by atoms with E-state index in [9.17, 15) is 0 Å². The summed E-state index contributed by atoms with van der Waals surface area (Å²) in [6.07, 6.45) is 1.94. The zero-order valence-electron chi connectivity index (χ0n) is 9.94. The van der Waals surface area contributed by atoms with Crippen LogP contribution in [0.3, 0.4) is 0 Å². The lowest BCUT2D eigenvalue weighted by molar-refractivity contribution is 0.699. The standard InChI is InChI=1S/C13H17N3S/c1-10-16-9-13(17-10)8-15-7-12-4-2-11(6-14)3-5-12/h2-5,9,15H,6-8,14H2,1H3. The van der Waals surface area contributed by atoms with Gasteiger partial charge in [0.05, 0.1) is 5.01 Å². The van der Waals surface area contributed by atoms with E-state index in [4.69, 9.17) is 5.73 Å². The monoisotopic (exact) mass is 247 g/mol. The van der Waals surface area contributed by atoms with Crippen molar-refractivity contribution in [1.29, 1.82) is 0 Å². The zero-order valence-corrected chi connectivity index (χ0v) is 10.8. The molecule has 4 heteroatoms. The number of nitrogens with one attached hydrogen (secondary N) is 1. The number of thiazole rings is 1. The molecule has 17 heavy (non-hydrogen) atoms. The summed E-state index contributed by atoms with van der Waals surface area (Å²) in [5, 5.41) is 4.53. The second kappa shape index (κ2) is 5.91. The second-order valence-corrected chi connectivity index (χ2v) is 5.29. The number of hydrogen-bond acceptors (Lipinski definition) is 4. The third kappa shape index (κ3) is 3.63. The zero-order chi connectivity index (χ0) is 12.1. The maximum Gasteiger partial charge on any atom is 0.0897 e. The predicted molar refractivity (Wildman–Crippen MR) is 71.7 cm³/mol. The maximum atomic E-state index is 5.56. The van der Waals surface area contributed by atoms with Crippen molar-refractivity contribution in [1.82, 2.24) is 10.3 Å². The van der Waals surface area contributed by atoms with Crippen molar-refractivity contribution in [3.63, 3.8) is 0 Å². The number of benzene rings is 1. The Kier molecular flexibility index (Phi) is 4.25. The van der Waals surface area contributed by atoms with Crippen LogP contribution in [0.25, 0.3) is 0 Å². The molecular formula is C13H17N3S. The van der Waals surface area contributed by atoms with Gasteiger partial charge in [-0.2, -0.15) is 0 Å². The Morgan fingerprint density at radius 2 is 1.88 bits per heavy atom. The fraction of sp³-hybridized carbons (Fsp3) is 0.308. The average Bonchev–Trinajstić information content (AvgIpc) is 2.76. The number of aryl methyl sites for hydroxylation is 1. The molecule has 1 aromatic heterocycles. The van der Waals surface area contributed by atoms with Crippen molar-refractivity contribution in [2.45, 2.75) is 26.6 Å². The van der Waals surface area contributed by atoms with Gasteiger partial charge in [0.15, 0.2) is 0 Å². The van der Waals surface area contributed by atoms with Crippen LogP contribution >= 0.6 is 11.3 Å². The summed E-state index contributed by atoms with van der Waals surface area (Å²) in [6, 6.07) is 8.39. The van der Waals surface area contributed by atoms with E-state index in [1.165, 1.54) is 16.0 Å². The van der Waals surface area contributed by atoms with E-state index in [1.54, 1.807) is 11.3 Å². The first-order valence-corrected chi connectivity index (χ1v) is 6.49. The number of nitrogens with two attached hydrogens (primary N) is 1. The normalized spacial score (nSPS) is 10.7. The van der Waals surface area contributed by atoms with Crippen LogP contribution in [-0.2, 0) is 19.6 Å². The molecule has 3 nitrogen and oxygen atoms in total. The molecule has 0 aliphatic carbocycles. The van der Waals surface area contributed by atoms with Gasteiger partial charge in [-0.25, -0.2) is 4.98 Å². The highest BCUT2D eigenvalue weighted by atomic mass is 32.1. The molecular weight excluding hydrogens is 230 g/mol. The van der Waals surface area contributed by atoms with Crippen LogP contribution in [0.1, 0.15) is 21.0 Å². The van der Waals surface area contributed by atoms with Crippen LogP contribution in [0.4, 0.5) is 0 Å². The Hall–Kier alpha value is -1.23. The molecule has 1 aromatic carbocycles. The number of nitrogens with zero attached hydrogens (tertiary/aromatic N) is 1. The average molecular weight is 247 g/mol. The lowest BCUT2D eigenvalue weighted by Gasteiger charge is -2.04. The molecule has 0 radical (unpaired) electrons. The van der Waals surface area contributed by atoms with Crippen LogP contribution in [0.5, 0.6) is 0 Å². The van der Waals surface area contributed by atoms with E-state index >= 15 is 0 Å². The van der Waals surface area contributed by atoms with Crippen LogP contribution in [0, 0.1) is 6.92 Å². The third-order valence-electron chi connectivity index (χ3n) is 2.56. The molecule has 0 spiro atoms. The van der Waals surface area contributed by atoms with E-state index in [2.05, 4.69) is 34.6 Å². The molecule has 0 amide bonds. The smallest absolute Gasteiger partial charge is 0.0897 e. The summed E-state index contributed by atoms with van der Waals surface area (Å²) in [6.45, 7) is 4.39. The summed E-state index contributed by atoms with van der Waals surface area (Å²) in [4.78, 5) is 5.51. The minimum absolute atomic E-state index is 0.605. The molecule has 0 unspecified atom stereocenters. The molecule has 1 heterocycles. The lowest BCUT2D eigenvalue weighted by atomic mass is 10.1. The molecule has 2 aromatic rings. The van der Waals surface area contributed by atoms with Gasteiger partial charge >= 0.3 is 0 Å². The fourth-order valence-corrected chi connectivity index (χ4v) is 2.37. The van der Waals surface area contributed by atoms with Crippen LogP contribution < -0.4 is 11.1 Å². The highest BCUT2D eigenvalue weighted by molar-refractivity contribution is 7.11. The van der Waals surface area contributed by atoms with Crippen LogP contribution in [-0.4, -0.2) is 4.98 Å². The van der Waals surface area contributed by atoms with Gasteiger partial charge in [-0.05, 0) is 18.1 Å². The van der Waals surface area contributed by atoms with Crippen molar-refractivity contribution in [3.8, 4) is 0 Å². The minimum atomic E-state index is 0.605. The Balaban J connectivity index is 1.81. The molecule has 0 bridgehead atoms. The topological polar surface area (TPSA) is 50.9 Å². The second-order valence-electron chi connectivity index (χ2n) is 3.97. The Morgan fingerprint density at radius 1 is 1.18 bits per heavy atom. The van der Waals surface area contributed by atoms with E-state index in [-0.39, 0.29) is 0 Å². The van der Waals surface area contributed by atoms with Crippen molar-refractivity contribution in [2.75, 3.05) is 0 Å². The SMILES string of the molecule is Cc1ncc(CNCc2ccc(CN)cc2)s1. The predicted octanol–water partition coefficient (Wildman–Crippen LogP) is 2.20. The number of aromatic nitrogens is 1. The van der Waals surface area contributed by atoms with Crippen molar-refractivity contribution in [3.05, 3.63) is 51.5 Å². The molecule has 90 valence electrons. The summed E-state index contributed by atoms with van der Waals surface area (Å²) >= 11 is 1.74. The summed E-state index contributed by atoms with van der Waals surface area (Å²) < 4.78 is 0. The highest BCUT2D eigenvalue weighted by Gasteiger charge is 1.98. The fourth-order valence-electron chi connectivity index (χ4n) is 1.61. The molecule has 3 N–H and O–H groups in total. The third-order valence-corrected chi connectivity index (χ3v) is 3.47. The summed E-state index contributed by atoms with van der Waals surface area (Å²) in [5.41, 5.74) is 8.01. The van der Waals surface area contributed by atoms with Gasteiger partial charge in [0, 0.05) is 30.7 Å². The van der Waals surface area contributed by atoms with Crippen molar-refractivity contribution >= 4 is 11.3 Å². The van der Waals surface area contributed by atoms with E-state index < -0.39 is 0 Å². The Labute approximate surface area is 106 Å². The van der Waals surface area contributed by atoms with Gasteiger partial charge < -0.3 is 11.1 Å². The summed E-state index contributed by atoms with van der Waals surface area (Å²) in [5.74, 6) is 0. The minimum Gasteiger partial charge on any atom is -0.326 e.